The molecule has 0 aromatic rings. The van der Waals surface area contributed by atoms with Crippen LogP contribution < -0.4 is 5.73 Å². The highest BCUT2D eigenvalue weighted by atomic mass is 16.1. The van der Waals surface area contributed by atoms with Gasteiger partial charge in [0.05, 0.1) is 0 Å². The van der Waals surface area contributed by atoms with E-state index in [9.17, 15) is 4.79 Å². The standard InChI is InChI=1S/C10H17NO/c1-10(6-2-3-8(10)11)9(12)7-4-5-7/h7-8H,2-6,11H2,1H3. The molecule has 0 aromatic heterocycles. The zero-order valence-corrected chi connectivity index (χ0v) is 7.68. The van der Waals surface area contributed by atoms with Crippen LogP contribution in [0.3, 0.4) is 0 Å². The molecule has 0 spiro atoms. The first kappa shape index (κ1) is 8.24. The molecule has 2 unspecified atom stereocenters. The Labute approximate surface area is 73.5 Å². The molecule has 0 saturated heterocycles. The fourth-order valence-corrected chi connectivity index (χ4v) is 2.31. The molecule has 2 atom stereocenters. The van der Waals surface area contributed by atoms with Gasteiger partial charge in [-0.2, -0.15) is 0 Å². The summed E-state index contributed by atoms with van der Waals surface area (Å²) < 4.78 is 0. The van der Waals surface area contributed by atoms with Crippen LogP contribution in [0.1, 0.15) is 39.0 Å². The molecule has 2 saturated carbocycles. The van der Waals surface area contributed by atoms with Gasteiger partial charge in [0, 0.05) is 17.4 Å². The van der Waals surface area contributed by atoms with Gasteiger partial charge in [-0.3, -0.25) is 4.79 Å². The van der Waals surface area contributed by atoms with Crippen molar-refractivity contribution in [2.45, 2.75) is 45.1 Å². The van der Waals surface area contributed by atoms with E-state index in [2.05, 4.69) is 6.92 Å². The molecule has 2 rings (SSSR count). The molecular weight excluding hydrogens is 150 g/mol. The summed E-state index contributed by atoms with van der Waals surface area (Å²) in [6, 6.07) is 0.130. The number of hydrogen-bond acceptors (Lipinski definition) is 2. The van der Waals surface area contributed by atoms with Crippen molar-refractivity contribution in [3.8, 4) is 0 Å². The molecule has 12 heavy (non-hydrogen) atoms. The van der Waals surface area contributed by atoms with Crippen molar-refractivity contribution in [2.75, 3.05) is 0 Å². The van der Waals surface area contributed by atoms with Crippen LogP contribution in [0.4, 0.5) is 0 Å². The Hall–Kier alpha value is -0.370. The topological polar surface area (TPSA) is 43.1 Å². The van der Waals surface area contributed by atoms with Crippen molar-refractivity contribution >= 4 is 5.78 Å². The predicted molar refractivity (Wildman–Crippen MR) is 47.7 cm³/mol. The van der Waals surface area contributed by atoms with Gasteiger partial charge in [0.15, 0.2) is 0 Å². The zero-order chi connectivity index (χ0) is 8.77. The van der Waals surface area contributed by atoms with E-state index in [1.165, 1.54) is 0 Å². The summed E-state index contributed by atoms with van der Waals surface area (Å²) >= 11 is 0. The van der Waals surface area contributed by atoms with E-state index in [1.54, 1.807) is 0 Å². The lowest BCUT2D eigenvalue weighted by Gasteiger charge is -2.27. The molecule has 2 N–H and O–H groups in total. The van der Waals surface area contributed by atoms with E-state index in [-0.39, 0.29) is 11.5 Å². The second kappa shape index (κ2) is 2.56. The van der Waals surface area contributed by atoms with Crippen LogP contribution in [-0.2, 0) is 4.79 Å². The number of nitrogens with two attached hydrogens (primary N) is 1. The van der Waals surface area contributed by atoms with Crippen LogP contribution in [0, 0.1) is 11.3 Å². The maximum absolute atomic E-state index is 11.9. The normalized spacial score (nSPS) is 41.7. The van der Waals surface area contributed by atoms with E-state index in [4.69, 9.17) is 5.73 Å². The van der Waals surface area contributed by atoms with Crippen LogP contribution in [0.15, 0.2) is 0 Å². The van der Waals surface area contributed by atoms with Gasteiger partial charge in [-0.1, -0.05) is 13.3 Å². The van der Waals surface area contributed by atoms with Crippen molar-refractivity contribution < 1.29 is 4.79 Å². The van der Waals surface area contributed by atoms with Crippen LogP contribution in [0.2, 0.25) is 0 Å². The highest BCUT2D eigenvalue weighted by Gasteiger charge is 2.48. The lowest BCUT2D eigenvalue weighted by atomic mass is 9.79. The Morgan fingerprint density at radius 1 is 1.42 bits per heavy atom. The molecule has 2 aliphatic carbocycles. The Morgan fingerprint density at radius 3 is 2.50 bits per heavy atom. The minimum atomic E-state index is -0.166. The van der Waals surface area contributed by atoms with E-state index in [1.807, 2.05) is 0 Å². The molecule has 0 amide bonds. The summed E-state index contributed by atoms with van der Waals surface area (Å²) in [5.74, 6) is 0.826. The Balaban J connectivity index is 2.12. The molecule has 2 fully saturated rings. The van der Waals surface area contributed by atoms with Gasteiger partial charge in [-0.05, 0) is 25.7 Å². The van der Waals surface area contributed by atoms with Crippen LogP contribution in [0.5, 0.6) is 0 Å². The van der Waals surface area contributed by atoms with Crippen LogP contribution >= 0.6 is 0 Å². The Bertz CT molecular complexity index is 210. The van der Waals surface area contributed by atoms with Crippen LogP contribution in [0.25, 0.3) is 0 Å². The second-order valence-corrected chi connectivity index (χ2v) is 4.55. The molecule has 0 bridgehead atoms. The number of ketones is 1. The lowest BCUT2D eigenvalue weighted by Crippen LogP contribution is -2.41. The van der Waals surface area contributed by atoms with Gasteiger partial charge >= 0.3 is 0 Å². The van der Waals surface area contributed by atoms with Crippen molar-refractivity contribution in [2.24, 2.45) is 17.1 Å². The molecule has 2 heteroatoms. The van der Waals surface area contributed by atoms with Gasteiger partial charge in [-0.15, -0.1) is 0 Å². The lowest BCUT2D eigenvalue weighted by molar-refractivity contribution is -0.129. The van der Waals surface area contributed by atoms with Gasteiger partial charge in [-0.25, -0.2) is 0 Å². The number of hydrogen-bond donors (Lipinski definition) is 1. The summed E-state index contributed by atoms with van der Waals surface area (Å²) in [7, 11) is 0. The highest BCUT2D eigenvalue weighted by molar-refractivity contribution is 5.89. The third-order valence-electron chi connectivity index (χ3n) is 3.54. The molecule has 0 heterocycles. The predicted octanol–water partition coefficient (Wildman–Crippen LogP) is 1.48. The highest BCUT2D eigenvalue weighted by Crippen LogP contribution is 2.45. The third-order valence-corrected chi connectivity index (χ3v) is 3.54. The first-order chi connectivity index (χ1) is 5.64. The maximum Gasteiger partial charge on any atom is 0.143 e. The van der Waals surface area contributed by atoms with Crippen LogP contribution in [-0.4, -0.2) is 11.8 Å². The largest absolute Gasteiger partial charge is 0.327 e. The SMILES string of the molecule is CC1(C(=O)C2CC2)CCCC1N. The number of carbonyl (C=O) groups excluding carboxylic acids is 1. The van der Waals surface area contributed by atoms with E-state index >= 15 is 0 Å². The fraction of sp³-hybridized carbons (Fsp3) is 0.900. The molecule has 0 aliphatic heterocycles. The minimum absolute atomic E-state index is 0.130. The summed E-state index contributed by atoms with van der Waals surface area (Å²) in [5.41, 5.74) is 5.79. The van der Waals surface area contributed by atoms with Crippen molar-refractivity contribution in [3.05, 3.63) is 0 Å². The quantitative estimate of drug-likeness (QED) is 0.677. The second-order valence-electron chi connectivity index (χ2n) is 4.55. The summed E-state index contributed by atoms with van der Waals surface area (Å²) in [4.78, 5) is 11.9. The third kappa shape index (κ3) is 1.09. The Morgan fingerprint density at radius 2 is 2.08 bits per heavy atom. The van der Waals surface area contributed by atoms with Gasteiger partial charge in [0.2, 0.25) is 0 Å². The minimum Gasteiger partial charge on any atom is -0.327 e. The first-order valence-electron chi connectivity index (χ1n) is 4.94. The van der Waals surface area contributed by atoms with Gasteiger partial charge < -0.3 is 5.73 Å². The average molecular weight is 167 g/mol. The molecule has 0 aromatic carbocycles. The summed E-state index contributed by atoms with van der Waals surface area (Å²) in [6.45, 7) is 2.06. The van der Waals surface area contributed by atoms with Gasteiger partial charge in [0.1, 0.15) is 5.78 Å². The molecule has 0 radical (unpaired) electrons. The van der Waals surface area contributed by atoms with Gasteiger partial charge in [0.25, 0.3) is 0 Å². The van der Waals surface area contributed by atoms with E-state index in [0.29, 0.717) is 11.7 Å². The zero-order valence-electron chi connectivity index (χ0n) is 7.68. The monoisotopic (exact) mass is 167 g/mol. The summed E-state index contributed by atoms with van der Waals surface area (Å²) in [6.07, 6.45) is 5.41. The molecule has 2 aliphatic rings. The molecular formula is C10H17NO. The molecule has 68 valence electrons. The van der Waals surface area contributed by atoms with E-state index in [0.717, 1.165) is 32.1 Å². The smallest absolute Gasteiger partial charge is 0.143 e. The molecule has 2 nitrogen and oxygen atoms in total. The van der Waals surface area contributed by atoms with Crippen molar-refractivity contribution in [1.82, 2.24) is 0 Å². The first-order valence-corrected chi connectivity index (χ1v) is 4.94. The number of rotatable bonds is 2. The maximum atomic E-state index is 11.9. The van der Waals surface area contributed by atoms with Crippen molar-refractivity contribution in [3.63, 3.8) is 0 Å². The van der Waals surface area contributed by atoms with Crippen molar-refractivity contribution in [1.29, 1.82) is 0 Å². The Kier molecular flexibility index (Phi) is 1.76. The summed E-state index contributed by atoms with van der Waals surface area (Å²) in [5, 5.41) is 0. The fourth-order valence-electron chi connectivity index (χ4n) is 2.31. The van der Waals surface area contributed by atoms with E-state index < -0.39 is 0 Å². The average Bonchev–Trinajstić information content (AvgIpc) is 2.81. The number of Topliss-reactive ketones (excluding diaryl/α,β-unsaturated/α-hetero) is 1. The number of carbonyl (C=O) groups is 1.